The van der Waals surface area contributed by atoms with Gasteiger partial charge in [0.1, 0.15) is 11.6 Å². The van der Waals surface area contributed by atoms with Crippen LogP contribution >= 0.6 is 0 Å². The van der Waals surface area contributed by atoms with E-state index in [0.717, 1.165) is 5.56 Å². The van der Waals surface area contributed by atoms with Crippen LogP contribution in [0.15, 0.2) is 34.7 Å². The minimum Gasteiger partial charge on any atom is -0.463 e. The number of nitrogens with zero attached hydrogens (tertiary/aromatic N) is 2. The highest BCUT2D eigenvalue weighted by molar-refractivity contribution is 5.94. The van der Waals surface area contributed by atoms with E-state index in [1.54, 1.807) is 24.0 Å². The Kier molecular flexibility index (Phi) is 5.37. The van der Waals surface area contributed by atoms with Gasteiger partial charge < -0.3 is 14.1 Å². The summed E-state index contributed by atoms with van der Waals surface area (Å²) in [5, 5.41) is 0. The van der Waals surface area contributed by atoms with Crippen LogP contribution in [0.4, 0.5) is 4.39 Å². The molecule has 1 aromatic carbocycles. The molecule has 6 nitrogen and oxygen atoms in total. The zero-order valence-corrected chi connectivity index (χ0v) is 14.8. The molecule has 7 heteroatoms. The number of halogens is 1. The minimum atomic E-state index is -0.499. The molecule has 0 aliphatic carbocycles. The Labute approximate surface area is 151 Å². The Morgan fingerprint density at radius 1 is 1.19 bits per heavy atom. The number of piperazine rings is 1. The van der Waals surface area contributed by atoms with Gasteiger partial charge in [0.2, 0.25) is 5.76 Å². The van der Waals surface area contributed by atoms with Gasteiger partial charge in [-0.3, -0.25) is 9.69 Å². The molecule has 0 bridgehead atoms. The zero-order valence-electron chi connectivity index (χ0n) is 14.8. The summed E-state index contributed by atoms with van der Waals surface area (Å²) < 4.78 is 24.1. The van der Waals surface area contributed by atoms with Gasteiger partial charge in [0.15, 0.2) is 0 Å². The van der Waals surface area contributed by atoms with Crippen LogP contribution in [0.2, 0.25) is 0 Å². The number of benzene rings is 1. The molecule has 26 heavy (non-hydrogen) atoms. The van der Waals surface area contributed by atoms with Crippen LogP contribution in [0.25, 0.3) is 0 Å². The number of hydrogen-bond acceptors (Lipinski definition) is 5. The second-order valence-corrected chi connectivity index (χ2v) is 6.26. The number of amides is 1. The average Bonchev–Trinajstić information content (AvgIpc) is 3.01. The maximum atomic E-state index is 13.8. The summed E-state index contributed by atoms with van der Waals surface area (Å²) in [4.78, 5) is 27.8. The predicted molar refractivity (Wildman–Crippen MR) is 92.4 cm³/mol. The van der Waals surface area contributed by atoms with Crippen molar-refractivity contribution < 1.29 is 23.1 Å². The Balaban J connectivity index is 1.58. The van der Waals surface area contributed by atoms with E-state index < -0.39 is 11.8 Å². The molecule has 3 rings (SSSR count). The van der Waals surface area contributed by atoms with E-state index in [9.17, 15) is 14.0 Å². The summed E-state index contributed by atoms with van der Waals surface area (Å²) in [5.74, 6) is -0.382. The lowest BCUT2D eigenvalue weighted by Crippen LogP contribution is -2.48. The van der Waals surface area contributed by atoms with Crippen LogP contribution in [0.1, 0.15) is 32.2 Å². The topological polar surface area (TPSA) is 63.0 Å². The standard InChI is InChI=1S/C19H21FN2O4/c1-13-11-14(26-17(13)19(24)25-2)12-21-7-9-22(10-8-21)18(23)15-5-3-4-6-16(15)20/h3-6,11H,7-10,12H2,1-2H3. The molecular weight excluding hydrogens is 339 g/mol. The Bertz CT molecular complexity index is 810. The van der Waals surface area contributed by atoms with Crippen molar-refractivity contribution in [3.63, 3.8) is 0 Å². The van der Waals surface area contributed by atoms with Gasteiger partial charge in [-0.25, -0.2) is 9.18 Å². The predicted octanol–water partition coefficient (Wildman–Crippen LogP) is 2.47. The van der Waals surface area contributed by atoms with E-state index in [-0.39, 0.29) is 17.2 Å². The van der Waals surface area contributed by atoms with Crippen molar-refractivity contribution in [2.45, 2.75) is 13.5 Å². The minimum absolute atomic E-state index is 0.102. The zero-order chi connectivity index (χ0) is 18.7. The Morgan fingerprint density at radius 3 is 2.54 bits per heavy atom. The highest BCUT2D eigenvalue weighted by Crippen LogP contribution is 2.19. The van der Waals surface area contributed by atoms with E-state index in [4.69, 9.17) is 9.15 Å². The monoisotopic (exact) mass is 360 g/mol. The van der Waals surface area contributed by atoms with E-state index >= 15 is 0 Å². The molecular formula is C19H21FN2O4. The SMILES string of the molecule is COC(=O)c1oc(CN2CCN(C(=O)c3ccccc3F)CC2)cc1C. The number of esters is 1. The largest absolute Gasteiger partial charge is 0.463 e. The average molecular weight is 360 g/mol. The van der Waals surface area contributed by atoms with Crippen LogP contribution in [0, 0.1) is 12.7 Å². The first-order chi connectivity index (χ1) is 12.5. The number of methoxy groups -OCH3 is 1. The van der Waals surface area contributed by atoms with Crippen molar-refractivity contribution in [2.75, 3.05) is 33.3 Å². The lowest BCUT2D eigenvalue weighted by molar-refractivity contribution is 0.0548. The molecule has 1 amide bonds. The Morgan fingerprint density at radius 2 is 1.88 bits per heavy atom. The molecule has 0 radical (unpaired) electrons. The van der Waals surface area contributed by atoms with Gasteiger partial charge in [-0.1, -0.05) is 12.1 Å². The van der Waals surface area contributed by atoms with Crippen LogP contribution in [-0.2, 0) is 11.3 Å². The van der Waals surface area contributed by atoms with Gasteiger partial charge >= 0.3 is 5.97 Å². The first-order valence-corrected chi connectivity index (χ1v) is 8.43. The van der Waals surface area contributed by atoms with Crippen molar-refractivity contribution >= 4 is 11.9 Å². The molecule has 138 valence electrons. The number of rotatable bonds is 4. The van der Waals surface area contributed by atoms with Crippen LogP contribution in [0.3, 0.4) is 0 Å². The summed E-state index contributed by atoms with van der Waals surface area (Å²) >= 11 is 0. The third kappa shape index (κ3) is 3.77. The van der Waals surface area contributed by atoms with Gasteiger partial charge in [-0.2, -0.15) is 0 Å². The highest BCUT2D eigenvalue weighted by Gasteiger charge is 2.25. The number of ether oxygens (including phenoxy) is 1. The third-order valence-electron chi connectivity index (χ3n) is 4.48. The Hall–Kier alpha value is -2.67. The molecule has 1 saturated heterocycles. The number of furan rings is 1. The van der Waals surface area contributed by atoms with Gasteiger partial charge in [-0.05, 0) is 25.1 Å². The lowest BCUT2D eigenvalue weighted by Gasteiger charge is -2.34. The molecule has 2 heterocycles. The molecule has 0 N–H and O–H groups in total. The van der Waals surface area contributed by atoms with E-state index in [1.807, 2.05) is 6.07 Å². The number of carbonyl (C=O) groups is 2. The quantitative estimate of drug-likeness (QED) is 0.784. The molecule has 0 atom stereocenters. The van der Waals surface area contributed by atoms with Crippen LogP contribution in [-0.4, -0.2) is 55.0 Å². The summed E-state index contributed by atoms with van der Waals surface area (Å²) in [6, 6.07) is 7.84. The van der Waals surface area contributed by atoms with Crippen molar-refractivity contribution in [1.29, 1.82) is 0 Å². The van der Waals surface area contributed by atoms with Crippen molar-refractivity contribution in [1.82, 2.24) is 9.80 Å². The fourth-order valence-electron chi connectivity index (χ4n) is 3.06. The fraction of sp³-hybridized carbons (Fsp3) is 0.368. The molecule has 0 saturated carbocycles. The molecule has 1 fully saturated rings. The molecule has 1 aliphatic rings. The normalized spacial score (nSPS) is 15.1. The summed E-state index contributed by atoms with van der Waals surface area (Å²) in [6.07, 6.45) is 0. The molecule has 1 aromatic heterocycles. The van der Waals surface area contributed by atoms with Gasteiger partial charge in [-0.15, -0.1) is 0 Å². The maximum absolute atomic E-state index is 13.8. The second kappa shape index (κ2) is 7.70. The number of hydrogen-bond donors (Lipinski definition) is 0. The van der Waals surface area contributed by atoms with Crippen molar-refractivity contribution in [3.8, 4) is 0 Å². The number of aryl methyl sites for hydroxylation is 1. The first kappa shape index (κ1) is 18.1. The van der Waals surface area contributed by atoms with Gasteiger partial charge in [0.25, 0.3) is 5.91 Å². The fourth-order valence-corrected chi connectivity index (χ4v) is 3.06. The molecule has 0 spiro atoms. The van der Waals surface area contributed by atoms with Crippen LogP contribution in [0.5, 0.6) is 0 Å². The summed E-state index contributed by atoms with van der Waals surface area (Å²) in [5.41, 5.74) is 0.838. The molecule has 1 aliphatic heterocycles. The number of carbonyl (C=O) groups excluding carboxylic acids is 2. The molecule has 0 unspecified atom stereocenters. The maximum Gasteiger partial charge on any atom is 0.374 e. The molecule has 2 aromatic rings. The summed E-state index contributed by atoms with van der Waals surface area (Å²) in [6.45, 7) is 4.65. The van der Waals surface area contributed by atoms with Crippen LogP contribution < -0.4 is 0 Å². The highest BCUT2D eigenvalue weighted by atomic mass is 19.1. The van der Waals surface area contributed by atoms with E-state index in [1.165, 1.54) is 19.2 Å². The van der Waals surface area contributed by atoms with Gasteiger partial charge in [0, 0.05) is 31.7 Å². The van der Waals surface area contributed by atoms with Gasteiger partial charge in [0.05, 0.1) is 19.2 Å². The van der Waals surface area contributed by atoms with Crippen molar-refractivity contribution in [2.24, 2.45) is 0 Å². The van der Waals surface area contributed by atoms with Crippen molar-refractivity contribution in [3.05, 3.63) is 58.8 Å². The third-order valence-corrected chi connectivity index (χ3v) is 4.48. The lowest BCUT2D eigenvalue weighted by atomic mass is 10.1. The smallest absolute Gasteiger partial charge is 0.374 e. The first-order valence-electron chi connectivity index (χ1n) is 8.43. The van der Waals surface area contributed by atoms with E-state index in [2.05, 4.69) is 4.90 Å². The second-order valence-electron chi connectivity index (χ2n) is 6.26. The summed E-state index contributed by atoms with van der Waals surface area (Å²) in [7, 11) is 1.32. The van der Waals surface area contributed by atoms with E-state index in [0.29, 0.717) is 38.5 Å².